The average Bonchev–Trinajstić information content (AvgIpc) is 3.19. The van der Waals surface area contributed by atoms with E-state index in [1.807, 2.05) is 13.8 Å². The third kappa shape index (κ3) is 4.75. The molecule has 1 aliphatic rings. The molecule has 21 heavy (non-hydrogen) atoms. The summed E-state index contributed by atoms with van der Waals surface area (Å²) in [6, 6.07) is 1.57. The van der Waals surface area contributed by atoms with Crippen LogP contribution in [0.25, 0.3) is 0 Å². The van der Waals surface area contributed by atoms with Crippen LogP contribution in [0.3, 0.4) is 0 Å². The van der Waals surface area contributed by atoms with Crippen LogP contribution in [0, 0.1) is 0 Å². The largest absolute Gasteiger partial charge is 0.405 e. The Morgan fingerprint density at radius 3 is 2.52 bits per heavy atom. The Hall–Kier alpha value is -1.53. The van der Waals surface area contributed by atoms with Gasteiger partial charge in [-0.1, -0.05) is 6.92 Å². The summed E-state index contributed by atoms with van der Waals surface area (Å²) < 4.78 is 38.3. The maximum Gasteiger partial charge on any atom is 0.405 e. The van der Waals surface area contributed by atoms with Crippen LogP contribution < -0.4 is 10.2 Å². The molecule has 0 atom stereocenters. The molecule has 1 aliphatic carbocycles. The zero-order valence-corrected chi connectivity index (χ0v) is 12.4. The standard InChI is InChI=1S/C14H21F3N4/c1-3-5-11-19-12(18-4-2)8-13(20-11)21(10-6-7-10)9-14(15,16)17/h8,10H,3-7,9H2,1-2H3,(H,18,19,20). The van der Waals surface area contributed by atoms with E-state index in [9.17, 15) is 13.2 Å². The minimum Gasteiger partial charge on any atom is -0.370 e. The van der Waals surface area contributed by atoms with Gasteiger partial charge < -0.3 is 10.2 Å². The van der Waals surface area contributed by atoms with E-state index >= 15 is 0 Å². The summed E-state index contributed by atoms with van der Waals surface area (Å²) >= 11 is 0. The molecule has 0 aromatic carbocycles. The molecule has 2 rings (SSSR count). The lowest BCUT2D eigenvalue weighted by atomic mass is 10.3. The van der Waals surface area contributed by atoms with Gasteiger partial charge in [0.25, 0.3) is 0 Å². The third-order valence-corrected chi connectivity index (χ3v) is 3.22. The Bertz CT molecular complexity index is 448. The van der Waals surface area contributed by atoms with E-state index in [1.54, 1.807) is 6.07 Å². The number of aromatic nitrogens is 2. The number of halogens is 3. The first-order valence-electron chi connectivity index (χ1n) is 7.38. The first-order valence-corrected chi connectivity index (χ1v) is 7.38. The van der Waals surface area contributed by atoms with Crippen LogP contribution in [0.5, 0.6) is 0 Å². The highest BCUT2D eigenvalue weighted by molar-refractivity contribution is 5.51. The molecule has 4 nitrogen and oxygen atoms in total. The monoisotopic (exact) mass is 302 g/mol. The molecule has 1 aromatic heterocycles. The summed E-state index contributed by atoms with van der Waals surface area (Å²) in [4.78, 5) is 10.0. The van der Waals surface area contributed by atoms with Gasteiger partial charge in [-0.25, -0.2) is 9.97 Å². The SMILES string of the molecule is CCCc1nc(NCC)cc(N(CC(F)(F)F)C2CC2)n1. The van der Waals surface area contributed by atoms with Crippen LogP contribution in [-0.4, -0.2) is 35.3 Å². The van der Waals surface area contributed by atoms with E-state index in [1.165, 1.54) is 4.90 Å². The lowest BCUT2D eigenvalue weighted by Crippen LogP contribution is -2.36. The van der Waals surface area contributed by atoms with Gasteiger partial charge in [0.2, 0.25) is 0 Å². The second kappa shape index (κ2) is 6.49. The summed E-state index contributed by atoms with van der Waals surface area (Å²) in [5.74, 6) is 1.57. The number of hydrogen-bond donors (Lipinski definition) is 1. The number of hydrogen-bond acceptors (Lipinski definition) is 4. The highest BCUT2D eigenvalue weighted by Gasteiger charge is 2.39. The Morgan fingerprint density at radius 2 is 2.00 bits per heavy atom. The molecule has 0 spiro atoms. The lowest BCUT2D eigenvalue weighted by molar-refractivity contribution is -0.120. The molecule has 1 heterocycles. The van der Waals surface area contributed by atoms with Crippen molar-refractivity contribution in [3.63, 3.8) is 0 Å². The fourth-order valence-electron chi connectivity index (χ4n) is 2.21. The molecule has 0 radical (unpaired) electrons. The van der Waals surface area contributed by atoms with Gasteiger partial charge in [-0.15, -0.1) is 0 Å². The fraction of sp³-hybridized carbons (Fsp3) is 0.714. The molecule has 7 heteroatoms. The summed E-state index contributed by atoms with van der Waals surface area (Å²) in [6.07, 6.45) is -1.12. The van der Waals surface area contributed by atoms with Crippen molar-refractivity contribution in [2.45, 2.75) is 51.7 Å². The van der Waals surface area contributed by atoms with E-state index < -0.39 is 12.7 Å². The lowest BCUT2D eigenvalue weighted by Gasteiger charge is -2.25. The number of nitrogens with zero attached hydrogens (tertiary/aromatic N) is 3. The van der Waals surface area contributed by atoms with Crippen LogP contribution in [0.15, 0.2) is 6.07 Å². The van der Waals surface area contributed by atoms with Gasteiger partial charge in [0.05, 0.1) is 0 Å². The normalized spacial score (nSPS) is 15.1. The van der Waals surface area contributed by atoms with E-state index in [-0.39, 0.29) is 6.04 Å². The van der Waals surface area contributed by atoms with Gasteiger partial charge in [-0.3, -0.25) is 0 Å². The van der Waals surface area contributed by atoms with Crippen LogP contribution in [-0.2, 0) is 6.42 Å². The van der Waals surface area contributed by atoms with Gasteiger partial charge in [-0.2, -0.15) is 13.2 Å². The van der Waals surface area contributed by atoms with Crippen molar-refractivity contribution >= 4 is 11.6 Å². The van der Waals surface area contributed by atoms with E-state index in [2.05, 4.69) is 15.3 Å². The topological polar surface area (TPSA) is 41.1 Å². The number of nitrogens with one attached hydrogen (secondary N) is 1. The smallest absolute Gasteiger partial charge is 0.370 e. The molecular formula is C14H21F3N4. The van der Waals surface area contributed by atoms with Gasteiger partial charge in [0.1, 0.15) is 24.0 Å². The first-order chi connectivity index (χ1) is 9.93. The van der Waals surface area contributed by atoms with Gasteiger partial charge >= 0.3 is 6.18 Å². The highest BCUT2D eigenvalue weighted by Crippen LogP contribution is 2.34. The molecule has 1 aromatic rings. The third-order valence-electron chi connectivity index (χ3n) is 3.22. The Labute approximate surface area is 122 Å². The second-order valence-electron chi connectivity index (χ2n) is 5.28. The molecule has 0 bridgehead atoms. The van der Waals surface area contributed by atoms with Crippen molar-refractivity contribution in [1.29, 1.82) is 0 Å². The minimum absolute atomic E-state index is 0.0505. The molecule has 1 fully saturated rings. The van der Waals surface area contributed by atoms with Crippen molar-refractivity contribution in [3.05, 3.63) is 11.9 Å². The predicted molar refractivity (Wildman–Crippen MR) is 76.6 cm³/mol. The maximum absolute atomic E-state index is 12.8. The van der Waals surface area contributed by atoms with Crippen LogP contribution >= 0.6 is 0 Å². The zero-order chi connectivity index (χ0) is 15.5. The van der Waals surface area contributed by atoms with E-state index in [0.29, 0.717) is 30.4 Å². The van der Waals surface area contributed by atoms with Gasteiger partial charge in [-0.05, 0) is 26.2 Å². The molecule has 118 valence electrons. The van der Waals surface area contributed by atoms with Crippen molar-refractivity contribution in [2.24, 2.45) is 0 Å². The Balaban J connectivity index is 2.29. The number of anilines is 2. The molecule has 0 aliphatic heterocycles. The predicted octanol–water partition coefficient (Wildman–Crippen LogP) is 3.39. The summed E-state index contributed by atoms with van der Waals surface area (Å²) in [6.45, 7) is 3.64. The quantitative estimate of drug-likeness (QED) is 0.838. The van der Waals surface area contributed by atoms with Crippen molar-refractivity contribution < 1.29 is 13.2 Å². The Morgan fingerprint density at radius 1 is 1.29 bits per heavy atom. The summed E-state index contributed by atoms with van der Waals surface area (Å²) in [5, 5.41) is 3.06. The number of alkyl halides is 3. The second-order valence-corrected chi connectivity index (χ2v) is 5.28. The van der Waals surface area contributed by atoms with Crippen molar-refractivity contribution in [1.82, 2.24) is 9.97 Å². The van der Waals surface area contributed by atoms with Crippen LogP contribution in [0.2, 0.25) is 0 Å². The maximum atomic E-state index is 12.8. The summed E-state index contributed by atoms with van der Waals surface area (Å²) in [5.41, 5.74) is 0. The molecule has 1 saturated carbocycles. The van der Waals surface area contributed by atoms with E-state index in [4.69, 9.17) is 0 Å². The Kier molecular flexibility index (Phi) is 4.90. The van der Waals surface area contributed by atoms with Crippen molar-refractivity contribution in [2.75, 3.05) is 23.3 Å². The molecule has 0 unspecified atom stereocenters. The molecular weight excluding hydrogens is 281 g/mol. The highest BCUT2D eigenvalue weighted by atomic mass is 19.4. The summed E-state index contributed by atoms with van der Waals surface area (Å²) in [7, 11) is 0. The van der Waals surface area contributed by atoms with Crippen LogP contribution in [0.1, 0.15) is 38.9 Å². The van der Waals surface area contributed by atoms with Crippen molar-refractivity contribution in [3.8, 4) is 0 Å². The minimum atomic E-state index is -4.23. The number of aryl methyl sites for hydroxylation is 1. The van der Waals surface area contributed by atoms with Gasteiger partial charge in [0.15, 0.2) is 0 Å². The molecule has 1 N–H and O–H groups in total. The first kappa shape index (κ1) is 15.9. The van der Waals surface area contributed by atoms with Gasteiger partial charge in [0, 0.05) is 25.1 Å². The zero-order valence-electron chi connectivity index (χ0n) is 12.4. The number of rotatable bonds is 7. The molecule has 0 amide bonds. The average molecular weight is 302 g/mol. The molecule has 0 saturated heterocycles. The van der Waals surface area contributed by atoms with Crippen LogP contribution in [0.4, 0.5) is 24.8 Å². The fourth-order valence-corrected chi connectivity index (χ4v) is 2.21. The van der Waals surface area contributed by atoms with E-state index in [0.717, 1.165) is 19.3 Å².